The Labute approximate surface area is 81.3 Å². The lowest BCUT2D eigenvalue weighted by Crippen LogP contribution is -2.04. The first-order valence-electron chi connectivity index (χ1n) is 5.38. The molecule has 0 aromatic heterocycles. The minimum atomic E-state index is -1.17. The summed E-state index contributed by atoms with van der Waals surface area (Å²) in [6, 6.07) is 8.87. The van der Waals surface area contributed by atoms with Crippen molar-refractivity contribution in [2.24, 2.45) is 0 Å². The monoisotopic (exact) mass is 180 g/mol. The van der Waals surface area contributed by atoms with E-state index in [4.69, 9.17) is 7.48 Å². The summed E-state index contributed by atoms with van der Waals surface area (Å²) in [5.41, 5.74) is 0.658. The van der Waals surface area contributed by atoms with Crippen LogP contribution in [0.2, 0.25) is 0 Å². The minimum Gasteiger partial charge on any atom is -0.466 e. The number of hydrogen-bond acceptors (Lipinski definition) is 2. The van der Waals surface area contributed by atoms with Crippen molar-refractivity contribution in [2.45, 2.75) is 19.7 Å². The molecule has 70 valence electrons. The van der Waals surface area contributed by atoms with Gasteiger partial charge in [-0.3, -0.25) is 4.79 Å². The molecule has 0 aliphatic carbocycles. The van der Waals surface area contributed by atoms with Crippen LogP contribution in [0.15, 0.2) is 30.3 Å². The predicted octanol–water partition coefficient (Wildman–Crippen LogP) is 2.18. The third-order valence-electron chi connectivity index (χ3n) is 1.50. The Morgan fingerprint density at radius 1 is 1.46 bits per heavy atom. The summed E-state index contributed by atoms with van der Waals surface area (Å²) >= 11 is 0. The molecular weight excluding hydrogens is 164 g/mol. The second kappa shape index (κ2) is 5.36. The summed E-state index contributed by atoms with van der Waals surface area (Å²) in [6.07, 6.45) is -2.06. The maximum Gasteiger partial charge on any atom is 0.306 e. The van der Waals surface area contributed by atoms with Gasteiger partial charge in [0.25, 0.3) is 0 Å². The first-order valence-corrected chi connectivity index (χ1v) is 4.23. The van der Waals surface area contributed by atoms with E-state index in [1.807, 2.05) is 6.07 Å². The van der Waals surface area contributed by atoms with Crippen molar-refractivity contribution in [3.8, 4) is 0 Å². The van der Waals surface area contributed by atoms with Crippen molar-refractivity contribution in [1.82, 2.24) is 0 Å². The highest BCUT2D eigenvalue weighted by Crippen LogP contribution is 2.02. The number of carbonyl (C=O) groups excluding carboxylic acids is 1. The van der Waals surface area contributed by atoms with Gasteiger partial charge in [0.2, 0.25) is 0 Å². The molecule has 2 heteroatoms. The summed E-state index contributed by atoms with van der Waals surface area (Å²) in [4.78, 5) is 11.2. The molecule has 0 saturated heterocycles. The highest BCUT2D eigenvalue weighted by Gasteiger charge is 2.01. The molecule has 0 aliphatic rings. The lowest BCUT2D eigenvalue weighted by molar-refractivity contribution is -0.143. The van der Waals surface area contributed by atoms with Crippen LogP contribution in [0.1, 0.15) is 21.6 Å². The second-order valence-electron chi connectivity index (χ2n) is 2.50. The summed E-state index contributed by atoms with van der Waals surface area (Å²) in [7, 11) is 0. The SMILES string of the molecule is [2H]C(C(=O)OCC)C([2H])c1ccccc1. The second-order valence-corrected chi connectivity index (χ2v) is 2.50. The van der Waals surface area contributed by atoms with Crippen LogP contribution in [0, 0.1) is 0 Å². The van der Waals surface area contributed by atoms with Crippen LogP contribution in [0.4, 0.5) is 0 Å². The van der Waals surface area contributed by atoms with Gasteiger partial charge in [0.1, 0.15) is 0 Å². The van der Waals surface area contributed by atoms with Gasteiger partial charge in [-0.05, 0) is 18.9 Å². The van der Waals surface area contributed by atoms with Crippen molar-refractivity contribution in [2.75, 3.05) is 6.61 Å². The van der Waals surface area contributed by atoms with Gasteiger partial charge >= 0.3 is 5.97 Å². The lowest BCUT2D eigenvalue weighted by Gasteiger charge is -2.01. The van der Waals surface area contributed by atoms with Crippen LogP contribution in [0.3, 0.4) is 0 Å². The Morgan fingerprint density at radius 3 is 2.77 bits per heavy atom. The van der Waals surface area contributed by atoms with Gasteiger partial charge in [0, 0.05) is 9.14 Å². The molecule has 0 bridgehead atoms. The Kier molecular flexibility index (Phi) is 2.94. The highest BCUT2D eigenvalue weighted by atomic mass is 16.5. The maximum absolute atomic E-state index is 11.2. The molecule has 0 amide bonds. The fraction of sp³-hybridized carbons (Fsp3) is 0.364. The molecule has 1 aromatic carbocycles. The molecular formula is C11H14O2. The average molecular weight is 180 g/mol. The molecule has 2 unspecified atom stereocenters. The Bertz CT molecular complexity index is 314. The molecule has 0 aliphatic heterocycles. The first-order chi connectivity index (χ1) is 7.16. The summed E-state index contributed by atoms with van der Waals surface area (Å²) < 4.78 is 20.0. The lowest BCUT2D eigenvalue weighted by atomic mass is 10.1. The summed E-state index contributed by atoms with van der Waals surface area (Å²) in [5.74, 6) is -0.638. The summed E-state index contributed by atoms with van der Waals surface area (Å²) in [5, 5.41) is 0. The minimum absolute atomic E-state index is 0.246. The molecule has 0 fully saturated rings. The first kappa shape index (κ1) is 7.13. The van der Waals surface area contributed by atoms with E-state index in [1.54, 1.807) is 31.2 Å². The molecule has 13 heavy (non-hydrogen) atoms. The van der Waals surface area contributed by atoms with E-state index in [9.17, 15) is 4.79 Å². The third kappa shape index (κ3) is 3.74. The van der Waals surface area contributed by atoms with Crippen molar-refractivity contribution in [1.29, 1.82) is 0 Å². The number of hydrogen-bond donors (Lipinski definition) is 0. The topological polar surface area (TPSA) is 26.3 Å². The van der Waals surface area contributed by atoms with Crippen LogP contribution in [0.25, 0.3) is 0 Å². The van der Waals surface area contributed by atoms with E-state index in [-0.39, 0.29) is 6.61 Å². The zero-order valence-corrected chi connectivity index (χ0v) is 7.57. The molecule has 0 saturated carbocycles. The summed E-state index contributed by atoms with van der Waals surface area (Å²) in [6.45, 7) is 1.93. The number of rotatable bonds is 4. The van der Waals surface area contributed by atoms with Crippen LogP contribution in [0.5, 0.6) is 0 Å². The van der Waals surface area contributed by atoms with E-state index in [0.717, 1.165) is 0 Å². The van der Waals surface area contributed by atoms with Gasteiger partial charge in [-0.25, -0.2) is 0 Å². The molecule has 2 atom stereocenters. The zero-order chi connectivity index (χ0) is 11.3. The molecule has 0 N–H and O–H groups in total. The molecule has 1 rings (SSSR count). The van der Waals surface area contributed by atoms with Gasteiger partial charge in [-0.1, -0.05) is 30.3 Å². The normalized spacial score (nSPS) is 16.7. The van der Waals surface area contributed by atoms with Crippen molar-refractivity contribution in [3.63, 3.8) is 0 Å². The fourth-order valence-corrected chi connectivity index (χ4v) is 0.919. The van der Waals surface area contributed by atoms with Crippen molar-refractivity contribution in [3.05, 3.63) is 35.9 Å². The van der Waals surface area contributed by atoms with Crippen LogP contribution in [-0.2, 0) is 15.9 Å². The van der Waals surface area contributed by atoms with Gasteiger partial charge in [-0.2, -0.15) is 0 Å². The Balaban J connectivity index is 2.68. The quantitative estimate of drug-likeness (QED) is 0.664. The largest absolute Gasteiger partial charge is 0.466 e. The fourth-order valence-electron chi connectivity index (χ4n) is 0.919. The van der Waals surface area contributed by atoms with E-state index in [1.165, 1.54) is 0 Å². The molecule has 2 nitrogen and oxygen atoms in total. The van der Waals surface area contributed by atoms with E-state index in [0.29, 0.717) is 5.56 Å². The average Bonchev–Trinajstić information content (AvgIpc) is 2.28. The molecule has 1 aromatic rings. The highest BCUT2D eigenvalue weighted by molar-refractivity contribution is 5.69. The smallest absolute Gasteiger partial charge is 0.306 e. The molecule has 0 heterocycles. The van der Waals surface area contributed by atoms with Crippen LogP contribution >= 0.6 is 0 Å². The van der Waals surface area contributed by atoms with Crippen LogP contribution < -0.4 is 0 Å². The number of carbonyl (C=O) groups is 1. The Morgan fingerprint density at radius 2 is 2.15 bits per heavy atom. The van der Waals surface area contributed by atoms with Crippen molar-refractivity contribution >= 4 is 5.97 Å². The molecule has 0 radical (unpaired) electrons. The standard InChI is InChI=1S/C11H14O2/c1-2-13-11(12)9-8-10-6-4-3-5-7-10/h3-7H,2,8-9H2,1H3/i8D,9D. The molecule has 0 spiro atoms. The number of benzene rings is 1. The Hall–Kier alpha value is -1.31. The zero-order valence-electron chi connectivity index (χ0n) is 9.57. The van der Waals surface area contributed by atoms with E-state index in [2.05, 4.69) is 0 Å². The van der Waals surface area contributed by atoms with E-state index < -0.39 is 18.8 Å². The number of esters is 1. The van der Waals surface area contributed by atoms with Crippen LogP contribution in [-0.4, -0.2) is 12.6 Å². The van der Waals surface area contributed by atoms with Gasteiger partial charge in [0.15, 0.2) is 0 Å². The van der Waals surface area contributed by atoms with E-state index >= 15 is 0 Å². The van der Waals surface area contributed by atoms with Crippen molar-refractivity contribution < 1.29 is 12.3 Å². The third-order valence-corrected chi connectivity index (χ3v) is 1.50. The number of aryl methyl sites for hydroxylation is 1. The predicted molar refractivity (Wildman–Crippen MR) is 51.4 cm³/mol. The number of ether oxygens (including phenoxy) is 1. The van der Waals surface area contributed by atoms with Gasteiger partial charge < -0.3 is 4.74 Å². The maximum atomic E-state index is 11.2. The van der Waals surface area contributed by atoms with Gasteiger partial charge in [-0.15, -0.1) is 0 Å². The van der Waals surface area contributed by atoms with Gasteiger partial charge in [0.05, 0.1) is 6.61 Å².